The van der Waals surface area contributed by atoms with Crippen LogP contribution in [0.4, 0.5) is 5.82 Å². The predicted molar refractivity (Wildman–Crippen MR) is 63.9 cm³/mol. The third-order valence-electron chi connectivity index (χ3n) is 2.09. The van der Waals surface area contributed by atoms with Gasteiger partial charge in [-0.15, -0.1) is 22.6 Å². The van der Waals surface area contributed by atoms with Crippen LogP contribution in [0.2, 0.25) is 0 Å². The fourth-order valence-electron chi connectivity index (χ4n) is 1.24. The van der Waals surface area contributed by atoms with Crippen LogP contribution in [-0.2, 0) is 0 Å². The maximum Gasteiger partial charge on any atom is 0.149 e. The fourth-order valence-corrected chi connectivity index (χ4v) is 1.24. The van der Waals surface area contributed by atoms with E-state index in [2.05, 4.69) is 10.2 Å². The Labute approximate surface area is 94.8 Å². The lowest BCUT2D eigenvalue weighted by Gasteiger charge is -2.02. The van der Waals surface area contributed by atoms with Crippen LogP contribution in [0.1, 0.15) is 5.56 Å². The predicted octanol–water partition coefficient (Wildman–Crippen LogP) is 2.46. The molecule has 1 aromatic carbocycles. The lowest BCUT2D eigenvalue weighted by atomic mass is 10.1. The second-order valence-corrected chi connectivity index (χ2v) is 3.16. The molecule has 0 radical (unpaired) electrons. The molecular weight excluding hydrogens is 210 g/mol. The lowest BCUT2D eigenvalue weighted by Crippen LogP contribution is -1.97. The molecule has 1 aromatic heterocycles. The van der Waals surface area contributed by atoms with Crippen molar-refractivity contribution in [2.75, 3.05) is 5.73 Å². The molecule has 0 saturated heterocycles. The molecule has 4 heteroatoms. The van der Waals surface area contributed by atoms with Gasteiger partial charge < -0.3 is 5.73 Å². The Balaban J connectivity index is 0.00000112. The first-order valence-electron chi connectivity index (χ1n) is 4.42. The summed E-state index contributed by atoms with van der Waals surface area (Å²) < 4.78 is 0. The molecule has 3 nitrogen and oxygen atoms in total. The number of nitrogen functional groups attached to an aromatic ring is 1. The lowest BCUT2D eigenvalue weighted by molar-refractivity contribution is 1.03. The summed E-state index contributed by atoms with van der Waals surface area (Å²) in [6, 6.07) is 11.9. The van der Waals surface area contributed by atoms with E-state index in [9.17, 15) is 0 Å². The Morgan fingerprint density at radius 1 is 1.07 bits per heavy atom. The molecule has 0 fully saturated rings. The van der Waals surface area contributed by atoms with Gasteiger partial charge in [0.05, 0.1) is 5.69 Å². The molecule has 78 valence electrons. The number of hydrogen-bond donors (Lipinski definition) is 1. The maximum absolute atomic E-state index is 5.59. The Bertz CT molecular complexity index is 443. The van der Waals surface area contributed by atoms with Crippen LogP contribution in [-0.4, -0.2) is 10.2 Å². The number of rotatable bonds is 1. The minimum absolute atomic E-state index is 0. The van der Waals surface area contributed by atoms with Crippen molar-refractivity contribution < 1.29 is 0 Å². The van der Waals surface area contributed by atoms with Gasteiger partial charge in [0.1, 0.15) is 5.82 Å². The van der Waals surface area contributed by atoms with Gasteiger partial charge in [-0.05, 0) is 18.6 Å². The van der Waals surface area contributed by atoms with Crippen LogP contribution in [0.5, 0.6) is 0 Å². The Morgan fingerprint density at radius 2 is 1.73 bits per heavy atom. The molecule has 0 spiro atoms. The SMILES string of the molecule is Cc1cc(-c2ccccc2)nnc1N.Cl. The van der Waals surface area contributed by atoms with Crippen LogP contribution >= 0.6 is 12.4 Å². The topological polar surface area (TPSA) is 51.8 Å². The van der Waals surface area contributed by atoms with Crippen molar-refractivity contribution >= 4 is 18.2 Å². The van der Waals surface area contributed by atoms with E-state index in [-0.39, 0.29) is 12.4 Å². The highest BCUT2D eigenvalue weighted by Gasteiger charge is 2.01. The van der Waals surface area contributed by atoms with Gasteiger partial charge in [-0.2, -0.15) is 0 Å². The molecule has 15 heavy (non-hydrogen) atoms. The summed E-state index contributed by atoms with van der Waals surface area (Å²) in [5.74, 6) is 0.490. The molecule has 0 aliphatic rings. The largest absolute Gasteiger partial charge is 0.382 e. The van der Waals surface area contributed by atoms with Crippen LogP contribution in [0.3, 0.4) is 0 Å². The molecule has 0 aliphatic carbocycles. The zero-order valence-electron chi connectivity index (χ0n) is 8.34. The van der Waals surface area contributed by atoms with Gasteiger partial charge in [0, 0.05) is 5.56 Å². The molecule has 2 N–H and O–H groups in total. The number of nitrogens with zero attached hydrogens (tertiary/aromatic N) is 2. The first-order chi connectivity index (χ1) is 6.77. The second kappa shape index (κ2) is 4.75. The first-order valence-corrected chi connectivity index (χ1v) is 4.42. The van der Waals surface area contributed by atoms with Gasteiger partial charge in [-0.3, -0.25) is 0 Å². The molecule has 0 aliphatic heterocycles. The zero-order valence-corrected chi connectivity index (χ0v) is 9.16. The second-order valence-electron chi connectivity index (χ2n) is 3.16. The summed E-state index contributed by atoms with van der Waals surface area (Å²) in [4.78, 5) is 0. The van der Waals surface area contributed by atoms with Crippen LogP contribution in [0.15, 0.2) is 36.4 Å². The normalized spacial score (nSPS) is 9.40. The van der Waals surface area contributed by atoms with Gasteiger partial charge in [-0.25, -0.2) is 0 Å². The zero-order chi connectivity index (χ0) is 9.97. The number of anilines is 1. The number of hydrogen-bond acceptors (Lipinski definition) is 3. The highest BCUT2D eigenvalue weighted by Crippen LogP contribution is 2.18. The molecule has 2 rings (SSSR count). The van der Waals surface area contributed by atoms with Gasteiger partial charge in [0.2, 0.25) is 0 Å². The van der Waals surface area contributed by atoms with E-state index in [0.29, 0.717) is 5.82 Å². The molecule has 0 unspecified atom stereocenters. The fraction of sp³-hybridized carbons (Fsp3) is 0.0909. The van der Waals surface area contributed by atoms with Crippen molar-refractivity contribution in [2.24, 2.45) is 0 Å². The standard InChI is InChI=1S/C11H11N3.ClH/c1-8-7-10(13-14-11(8)12)9-5-3-2-4-6-9;/h2-7H,1H3,(H2,12,14);1H. The first kappa shape index (κ1) is 11.5. The summed E-state index contributed by atoms with van der Waals surface area (Å²) in [6.07, 6.45) is 0. The summed E-state index contributed by atoms with van der Waals surface area (Å²) in [5, 5.41) is 7.92. The minimum atomic E-state index is 0. The summed E-state index contributed by atoms with van der Waals surface area (Å²) in [7, 11) is 0. The van der Waals surface area contributed by atoms with Crippen molar-refractivity contribution in [3.8, 4) is 11.3 Å². The Hall–Kier alpha value is -1.61. The van der Waals surface area contributed by atoms with E-state index >= 15 is 0 Å². The molecule has 2 aromatic rings. The van der Waals surface area contributed by atoms with E-state index in [0.717, 1.165) is 16.8 Å². The van der Waals surface area contributed by atoms with Crippen molar-refractivity contribution in [1.29, 1.82) is 0 Å². The molecule has 1 heterocycles. The number of nitrogens with two attached hydrogens (primary N) is 1. The number of aryl methyl sites for hydroxylation is 1. The average molecular weight is 222 g/mol. The van der Waals surface area contributed by atoms with Crippen LogP contribution in [0, 0.1) is 6.92 Å². The average Bonchev–Trinajstić information content (AvgIpc) is 2.23. The maximum atomic E-state index is 5.59. The van der Waals surface area contributed by atoms with Gasteiger partial charge in [-0.1, -0.05) is 30.3 Å². The molecule has 0 amide bonds. The Morgan fingerprint density at radius 3 is 2.33 bits per heavy atom. The summed E-state index contributed by atoms with van der Waals surface area (Å²) >= 11 is 0. The highest BCUT2D eigenvalue weighted by molar-refractivity contribution is 5.85. The summed E-state index contributed by atoms with van der Waals surface area (Å²) in [6.45, 7) is 1.93. The summed E-state index contributed by atoms with van der Waals surface area (Å²) in [5.41, 5.74) is 8.47. The monoisotopic (exact) mass is 221 g/mol. The van der Waals surface area contributed by atoms with Crippen LogP contribution in [0.25, 0.3) is 11.3 Å². The number of aromatic nitrogens is 2. The Kier molecular flexibility index (Phi) is 3.63. The van der Waals surface area contributed by atoms with Crippen molar-refractivity contribution in [3.05, 3.63) is 42.0 Å². The van der Waals surface area contributed by atoms with E-state index in [1.807, 2.05) is 43.3 Å². The van der Waals surface area contributed by atoms with Crippen molar-refractivity contribution in [3.63, 3.8) is 0 Å². The van der Waals surface area contributed by atoms with E-state index in [1.165, 1.54) is 0 Å². The van der Waals surface area contributed by atoms with E-state index in [4.69, 9.17) is 5.73 Å². The van der Waals surface area contributed by atoms with Gasteiger partial charge in [0.25, 0.3) is 0 Å². The van der Waals surface area contributed by atoms with E-state index < -0.39 is 0 Å². The number of halogens is 1. The van der Waals surface area contributed by atoms with Crippen molar-refractivity contribution in [1.82, 2.24) is 10.2 Å². The third kappa shape index (κ3) is 2.44. The molecular formula is C11H12ClN3. The van der Waals surface area contributed by atoms with Crippen LogP contribution < -0.4 is 5.73 Å². The van der Waals surface area contributed by atoms with Gasteiger partial charge in [0.15, 0.2) is 0 Å². The van der Waals surface area contributed by atoms with Crippen molar-refractivity contribution in [2.45, 2.75) is 6.92 Å². The van der Waals surface area contributed by atoms with Gasteiger partial charge >= 0.3 is 0 Å². The molecule has 0 atom stereocenters. The minimum Gasteiger partial charge on any atom is -0.382 e. The number of benzene rings is 1. The highest BCUT2D eigenvalue weighted by atomic mass is 35.5. The molecule has 0 saturated carbocycles. The quantitative estimate of drug-likeness (QED) is 0.805. The molecule has 0 bridgehead atoms. The smallest absolute Gasteiger partial charge is 0.149 e. The van der Waals surface area contributed by atoms with E-state index in [1.54, 1.807) is 0 Å². The third-order valence-corrected chi connectivity index (χ3v) is 2.09.